The largest absolute Gasteiger partial charge is 0.497 e. The molecule has 1 fully saturated rings. The van der Waals surface area contributed by atoms with Gasteiger partial charge in [-0.15, -0.1) is 0 Å². The topological polar surface area (TPSA) is 54.0 Å². The molecule has 2 aromatic rings. The molecule has 3 rings (SSSR count). The van der Waals surface area contributed by atoms with Crippen molar-refractivity contribution in [1.82, 2.24) is 10.2 Å². The van der Waals surface area contributed by atoms with E-state index in [1.165, 1.54) is 12.1 Å². The molecule has 0 atom stereocenters. The van der Waals surface area contributed by atoms with Crippen LogP contribution in [0.2, 0.25) is 0 Å². The van der Waals surface area contributed by atoms with Crippen LogP contribution in [-0.4, -0.2) is 57.4 Å². The fourth-order valence-electron chi connectivity index (χ4n) is 2.95. The Balaban J connectivity index is 1.36. The number of piperazine rings is 1. The molecule has 2 amide bonds. The fourth-order valence-corrected chi connectivity index (χ4v) is 2.95. The van der Waals surface area contributed by atoms with Gasteiger partial charge in [-0.1, -0.05) is 6.07 Å². The summed E-state index contributed by atoms with van der Waals surface area (Å²) in [5, 5.41) is 2.87. The van der Waals surface area contributed by atoms with Gasteiger partial charge >= 0.3 is 6.03 Å². The Hall–Kier alpha value is -2.96. The third-order valence-corrected chi connectivity index (χ3v) is 4.45. The quantitative estimate of drug-likeness (QED) is 0.791. The molecule has 0 radical (unpaired) electrons. The van der Waals surface area contributed by atoms with Crippen molar-refractivity contribution in [3.05, 3.63) is 54.3 Å². The van der Waals surface area contributed by atoms with Crippen LogP contribution < -0.4 is 19.7 Å². The number of ether oxygens (including phenoxy) is 2. The van der Waals surface area contributed by atoms with E-state index in [0.29, 0.717) is 39.3 Å². The summed E-state index contributed by atoms with van der Waals surface area (Å²) in [6.07, 6.45) is 0. The predicted molar refractivity (Wildman–Crippen MR) is 102 cm³/mol. The van der Waals surface area contributed by atoms with E-state index in [0.717, 1.165) is 17.2 Å². The van der Waals surface area contributed by atoms with Gasteiger partial charge in [0.1, 0.15) is 23.9 Å². The molecule has 144 valence electrons. The molecule has 7 heteroatoms. The summed E-state index contributed by atoms with van der Waals surface area (Å²) in [5.41, 5.74) is 0.850. The highest BCUT2D eigenvalue weighted by atomic mass is 19.1. The first kappa shape index (κ1) is 18.8. The van der Waals surface area contributed by atoms with Crippen LogP contribution in [0.4, 0.5) is 14.9 Å². The Kier molecular flexibility index (Phi) is 6.35. The number of anilines is 1. The lowest BCUT2D eigenvalue weighted by atomic mass is 10.2. The molecule has 6 nitrogen and oxygen atoms in total. The standard InChI is InChI=1S/C20H24FN3O3/c1-26-18-5-7-19(8-6-18)27-14-9-22-20(25)24-12-10-23(11-13-24)17-4-2-3-16(21)15-17/h2-8,15H,9-14H2,1H3,(H,22,25). The number of amides is 2. The molecule has 0 unspecified atom stereocenters. The molecular weight excluding hydrogens is 349 g/mol. The summed E-state index contributed by atoms with van der Waals surface area (Å²) < 4.78 is 24.0. The average molecular weight is 373 g/mol. The Bertz CT molecular complexity index is 746. The number of halogens is 1. The van der Waals surface area contributed by atoms with Crippen molar-refractivity contribution in [3.8, 4) is 11.5 Å². The summed E-state index contributed by atoms with van der Waals surface area (Å²) in [6.45, 7) is 3.37. The number of benzene rings is 2. The van der Waals surface area contributed by atoms with E-state index in [1.807, 2.05) is 30.3 Å². The lowest BCUT2D eigenvalue weighted by Crippen LogP contribution is -2.52. The smallest absolute Gasteiger partial charge is 0.317 e. The van der Waals surface area contributed by atoms with Gasteiger partial charge < -0.3 is 24.6 Å². The molecule has 1 heterocycles. The zero-order valence-electron chi connectivity index (χ0n) is 15.4. The first-order valence-electron chi connectivity index (χ1n) is 8.96. The summed E-state index contributed by atoms with van der Waals surface area (Å²) in [7, 11) is 1.61. The molecule has 1 N–H and O–H groups in total. The van der Waals surface area contributed by atoms with E-state index in [4.69, 9.17) is 9.47 Å². The molecule has 1 aliphatic heterocycles. The second-order valence-corrected chi connectivity index (χ2v) is 6.21. The van der Waals surface area contributed by atoms with Crippen molar-refractivity contribution in [1.29, 1.82) is 0 Å². The van der Waals surface area contributed by atoms with Crippen LogP contribution in [0.5, 0.6) is 11.5 Å². The predicted octanol–water partition coefficient (Wildman–Crippen LogP) is 2.74. The van der Waals surface area contributed by atoms with Crippen molar-refractivity contribution in [2.75, 3.05) is 51.3 Å². The number of rotatable bonds is 6. The van der Waals surface area contributed by atoms with Gasteiger partial charge in [0.25, 0.3) is 0 Å². The maximum absolute atomic E-state index is 13.3. The Morgan fingerprint density at radius 1 is 1.07 bits per heavy atom. The third-order valence-electron chi connectivity index (χ3n) is 4.45. The molecule has 0 bridgehead atoms. The van der Waals surface area contributed by atoms with E-state index < -0.39 is 0 Å². The summed E-state index contributed by atoms with van der Waals surface area (Å²) >= 11 is 0. The third kappa shape index (κ3) is 5.26. The van der Waals surface area contributed by atoms with Crippen LogP contribution in [-0.2, 0) is 0 Å². The number of urea groups is 1. The summed E-state index contributed by atoms with van der Waals surface area (Å²) in [5.74, 6) is 1.26. The number of hydrogen-bond donors (Lipinski definition) is 1. The van der Waals surface area contributed by atoms with Gasteiger partial charge in [-0.2, -0.15) is 0 Å². The Labute approximate surface area is 158 Å². The van der Waals surface area contributed by atoms with E-state index in [-0.39, 0.29) is 11.8 Å². The lowest BCUT2D eigenvalue weighted by Gasteiger charge is -2.36. The zero-order chi connectivity index (χ0) is 19.1. The maximum Gasteiger partial charge on any atom is 0.317 e. The molecule has 0 spiro atoms. The second kappa shape index (κ2) is 9.12. The van der Waals surface area contributed by atoms with Gasteiger partial charge in [-0.05, 0) is 42.5 Å². The molecule has 0 aliphatic carbocycles. The normalized spacial score (nSPS) is 14.0. The van der Waals surface area contributed by atoms with Crippen molar-refractivity contribution >= 4 is 11.7 Å². The van der Waals surface area contributed by atoms with E-state index in [2.05, 4.69) is 10.2 Å². The van der Waals surface area contributed by atoms with Crippen LogP contribution in [0.1, 0.15) is 0 Å². The monoisotopic (exact) mass is 373 g/mol. The molecule has 1 saturated heterocycles. The minimum absolute atomic E-state index is 0.104. The van der Waals surface area contributed by atoms with Gasteiger partial charge in [0.15, 0.2) is 0 Å². The number of carbonyl (C=O) groups is 1. The van der Waals surface area contributed by atoms with E-state index >= 15 is 0 Å². The molecule has 1 aliphatic rings. The second-order valence-electron chi connectivity index (χ2n) is 6.21. The summed E-state index contributed by atoms with van der Waals surface area (Å²) in [4.78, 5) is 16.1. The first-order valence-corrected chi connectivity index (χ1v) is 8.96. The summed E-state index contributed by atoms with van der Waals surface area (Å²) in [6, 6.07) is 13.7. The van der Waals surface area contributed by atoms with Crippen molar-refractivity contribution in [2.45, 2.75) is 0 Å². The van der Waals surface area contributed by atoms with Crippen LogP contribution in [0.25, 0.3) is 0 Å². The van der Waals surface area contributed by atoms with Gasteiger partial charge in [0, 0.05) is 31.9 Å². The van der Waals surface area contributed by atoms with Crippen LogP contribution in [0, 0.1) is 5.82 Å². The van der Waals surface area contributed by atoms with E-state index in [1.54, 1.807) is 18.1 Å². The minimum atomic E-state index is -0.246. The highest BCUT2D eigenvalue weighted by Crippen LogP contribution is 2.18. The number of nitrogens with zero attached hydrogens (tertiary/aromatic N) is 2. The minimum Gasteiger partial charge on any atom is -0.497 e. The molecule has 0 saturated carbocycles. The highest BCUT2D eigenvalue weighted by molar-refractivity contribution is 5.74. The van der Waals surface area contributed by atoms with Gasteiger partial charge in [0.2, 0.25) is 0 Å². The first-order chi connectivity index (χ1) is 13.2. The van der Waals surface area contributed by atoms with Crippen molar-refractivity contribution in [2.24, 2.45) is 0 Å². The van der Waals surface area contributed by atoms with E-state index in [9.17, 15) is 9.18 Å². The van der Waals surface area contributed by atoms with Gasteiger partial charge in [-0.3, -0.25) is 0 Å². The maximum atomic E-state index is 13.3. The number of hydrogen-bond acceptors (Lipinski definition) is 4. The average Bonchev–Trinajstić information content (AvgIpc) is 2.71. The SMILES string of the molecule is COc1ccc(OCCNC(=O)N2CCN(c3cccc(F)c3)CC2)cc1. The Morgan fingerprint density at radius 2 is 1.78 bits per heavy atom. The number of methoxy groups -OCH3 is 1. The zero-order valence-corrected chi connectivity index (χ0v) is 15.4. The molecule has 0 aromatic heterocycles. The number of nitrogens with one attached hydrogen (secondary N) is 1. The van der Waals surface area contributed by atoms with Crippen LogP contribution >= 0.6 is 0 Å². The highest BCUT2D eigenvalue weighted by Gasteiger charge is 2.21. The van der Waals surface area contributed by atoms with Crippen LogP contribution in [0.15, 0.2) is 48.5 Å². The Morgan fingerprint density at radius 3 is 2.44 bits per heavy atom. The fraction of sp³-hybridized carbons (Fsp3) is 0.350. The number of carbonyl (C=O) groups excluding carboxylic acids is 1. The van der Waals surface area contributed by atoms with Crippen molar-refractivity contribution < 1.29 is 18.7 Å². The molecule has 2 aromatic carbocycles. The molecular formula is C20H24FN3O3. The lowest BCUT2D eigenvalue weighted by molar-refractivity contribution is 0.191. The van der Waals surface area contributed by atoms with Gasteiger partial charge in [0.05, 0.1) is 13.7 Å². The molecule has 27 heavy (non-hydrogen) atoms. The van der Waals surface area contributed by atoms with Gasteiger partial charge in [-0.25, -0.2) is 9.18 Å². The van der Waals surface area contributed by atoms with Crippen LogP contribution in [0.3, 0.4) is 0 Å². The van der Waals surface area contributed by atoms with Crippen molar-refractivity contribution in [3.63, 3.8) is 0 Å².